The number of Topliss-reactive ketones (excluding diaryl/α,β-unsaturated/α-hetero) is 1. The lowest BCUT2D eigenvalue weighted by atomic mass is 9.44. The van der Waals surface area contributed by atoms with Crippen molar-refractivity contribution < 1.29 is 4.79 Å². The summed E-state index contributed by atoms with van der Waals surface area (Å²) >= 11 is 0. The van der Waals surface area contributed by atoms with Crippen LogP contribution in [0.25, 0.3) is 10.9 Å². The Kier molecular flexibility index (Phi) is 4.82. The maximum Gasteiger partial charge on any atom is 0.157 e. The van der Waals surface area contributed by atoms with Crippen LogP contribution in [0.1, 0.15) is 78.6 Å². The molecule has 6 rings (SSSR count). The van der Waals surface area contributed by atoms with E-state index in [2.05, 4.69) is 30.9 Å². The molecule has 0 aliphatic heterocycles. The molecule has 0 aromatic carbocycles. The first kappa shape index (κ1) is 20.9. The molecular weight excluding hydrogens is 394 g/mol. The normalized spacial score (nSPS) is 43.5. The quantitative estimate of drug-likeness (QED) is 0.571. The fourth-order valence-electron chi connectivity index (χ4n) is 9.30. The molecule has 4 saturated carbocycles. The lowest BCUT2D eigenvalue weighted by Crippen LogP contribution is -2.53. The minimum absolute atomic E-state index is 0.185. The van der Waals surface area contributed by atoms with E-state index >= 15 is 0 Å². The van der Waals surface area contributed by atoms with Gasteiger partial charge in [0.25, 0.3) is 0 Å². The second kappa shape index (κ2) is 7.40. The minimum atomic E-state index is 0.185. The number of carbonyl (C=O) groups is 1. The summed E-state index contributed by atoms with van der Waals surface area (Å²) in [7, 11) is 0. The molecule has 0 spiro atoms. The van der Waals surface area contributed by atoms with Crippen molar-refractivity contribution in [3.05, 3.63) is 24.7 Å². The molecule has 0 saturated heterocycles. The van der Waals surface area contributed by atoms with Gasteiger partial charge in [0.2, 0.25) is 0 Å². The van der Waals surface area contributed by atoms with Crippen LogP contribution in [0.15, 0.2) is 24.7 Å². The second-order valence-corrected chi connectivity index (χ2v) is 12.4. The Morgan fingerprint density at radius 3 is 2.72 bits per heavy atom. The zero-order chi connectivity index (χ0) is 22.1. The molecule has 2 aromatic heterocycles. The van der Waals surface area contributed by atoms with Crippen LogP contribution in [0.4, 0.5) is 0 Å². The Morgan fingerprint density at radius 1 is 1.03 bits per heavy atom. The predicted molar refractivity (Wildman–Crippen MR) is 127 cm³/mol. The van der Waals surface area contributed by atoms with Crippen molar-refractivity contribution >= 4 is 16.7 Å². The minimum Gasteiger partial charge on any atom is -0.297 e. The van der Waals surface area contributed by atoms with Crippen molar-refractivity contribution in [2.45, 2.75) is 85.1 Å². The number of nitrogens with zero attached hydrogens (tertiary/aromatic N) is 3. The molecule has 0 N–H and O–H groups in total. The van der Waals surface area contributed by atoms with Gasteiger partial charge in [-0.25, -0.2) is 0 Å². The number of pyridine rings is 1. The van der Waals surface area contributed by atoms with Gasteiger partial charge in [-0.1, -0.05) is 27.2 Å². The first-order valence-corrected chi connectivity index (χ1v) is 13.2. The smallest absolute Gasteiger partial charge is 0.157 e. The number of carbonyl (C=O) groups excluding carboxylic acids is 1. The molecule has 172 valence electrons. The molecule has 0 bridgehead atoms. The molecule has 4 fully saturated rings. The number of fused-ring (bicyclic) bond motifs is 6. The predicted octanol–water partition coefficient (Wildman–Crippen LogP) is 6.30. The van der Waals surface area contributed by atoms with Gasteiger partial charge in [-0.15, -0.1) is 0 Å². The Hall–Kier alpha value is -1.71. The fourth-order valence-corrected chi connectivity index (χ4v) is 9.30. The highest BCUT2D eigenvalue weighted by Gasteiger charge is 2.60. The van der Waals surface area contributed by atoms with Gasteiger partial charge in [0.1, 0.15) is 6.54 Å². The van der Waals surface area contributed by atoms with Crippen molar-refractivity contribution in [2.24, 2.45) is 46.3 Å². The Labute approximate surface area is 192 Å². The molecule has 32 heavy (non-hydrogen) atoms. The van der Waals surface area contributed by atoms with Crippen LogP contribution in [0, 0.1) is 46.3 Å². The van der Waals surface area contributed by atoms with E-state index in [1.54, 1.807) is 6.20 Å². The summed E-state index contributed by atoms with van der Waals surface area (Å²) in [4.78, 5) is 17.9. The summed E-state index contributed by atoms with van der Waals surface area (Å²) in [6.45, 7) is 7.99. The standard InChI is InChI=1S/C28H39N3O/c1-18-8-11-27(2)20(14-18)4-5-21-22-6-7-24(28(22,3)12-9-23(21)27)26(32)17-31-25-16-29-13-10-19(25)15-30-31/h10,13,15-16,18,20-24H,4-9,11-12,14,17H2,1-3H3. The van der Waals surface area contributed by atoms with E-state index in [0.717, 1.165) is 46.9 Å². The average molecular weight is 434 g/mol. The van der Waals surface area contributed by atoms with Crippen molar-refractivity contribution in [3.8, 4) is 0 Å². The summed E-state index contributed by atoms with van der Waals surface area (Å²) in [5, 5.41) is 5.58. The lowest BCUT2D eigenvalue weighted by molar-refractivity contribution is -0.137. The molecular formula is C28H39N3O. The van der Waals surface area contributed by atoms with Crippen LogP contribution < -0.4 is 0 Å². The summed E-state index contributed by atoms with van der Waals surface area (Å²) in [6, 6.07) is 1.97. The third kappa shape index (κ3) is 2.97. The molecule has 0 amide bonds. The van der Waals surface area contributed by atoms with Gasteiger partial charge in [0, 0.05) is 17.5 Å². The van der Waals surface area contributed by atoms with Gasteiger partial charge in [0.05, 0.1) is 17.9 Å². The Balaban J connectivity index is 1.22. The van der Waals surface area contributed by atoms with Crippen molar-refractivity contribution in [1.82, 2.24) is 14.8 Å². The van der Waals surface area contributed by atoms with E-state index in [1.165, 1.54) is 51.4 Å². The van der Waals surface area contributed by atoms with Gasteiger partial charge in [-0.05, 0) is 97.9 Å². The molecule has 4 heteroatoms. The molecule has 4 nitrogen and oxygen atoms in total. The maximum atomic E-state index is 13.6. The van der Waals surface area contributed by atoms with Crippen molar-refractivity contribution in [2.75, 3.05) is 0 Å². The third-order valence-electron chi connectivity index (χ3n) is 11.1. The number of aromatic nitrogens is 3. The van der Waals surface area contributed by atoms with E-state index in [0.29, 0.717) is 17.7 Å². The third-order valence-corrected chi connectivity index (χ3v) is 11.1. The number of hydrogen-bond donors (Lipinski definition) is 0. The average Bonchev–Trinajstić information content (AvgIpc) is 3.35. The van der Waals surface area contributed by atoms with Crippen LogP contribution in [0.3, 0.4) is 0 Å². The van der Waals surface area contributed by atoms with E-state index in [4.69, 9.17) is 0 Å². The summed E-state index contributed by atoms with van der Waals surface area (Å²) in [5.74, 6) is 4.93. The Morgan fingerprint density at radius 2 is 1.84 bits per heavy atom. The van der Waals surface area contributed by atoms with Gasteiger partial charge in [0.15, 0.2) is 5.78 Å². The SMILES string of the molecule is CC1CCC2(C)C(CCC3C2CCC2(C)C(C(=O)Cn4ncc5ccncc54)CCC32)C1. The van der Waals surface area contributed by atoms with Crippen LogP contribution in [-0.4, -0.2) is 20.5 Å². The molecule has 0 radical (unpaired) electrons. The molecule has 8 unspecified atom stereocenters. The lowest BCUT2D eigenvalue weighted by Gasteiger charge is -2.61. The number of ketones is 1. The van der Waals surface area contributed by atoms with Crippen LogP contribution in [0.2, 0.25) is 0 Å². The van der Waals surface area contributed by atoms with Crippen molar-refractivity contribution in [3.63, 3.8) is 0 Å². The first-order chi connectivity index (χ1) is 15.4. The topological polar surface area (TPSA) is 47.8 Å². The molecule has 4 aliphatic carbocycles. The van der Waals surface area contributed by atoms with Crippen LogP contribution >= 0.6 is 0 Å². The molecule has 4 aliphatic rings. The highest BCUT2D eigenvalue weighted by Crippen LogP contribution is 2.67. The summed E-state index contributed by atoms with van der Waals surface area (Å²) < 4.78 is 1.88. The first-order valence-electron chi connectivity index (χ1n) is 13.2. The second-order valence-electron chi connectivity index (χ2n) is 12.4. The fraction of sp³-hybridized carbons (Fsp3) is 0.750. The zero-order valence-corrected chi connectivity index (χ0v) is 20.1. The highest BCUT2D eigenvalue weighted by molar-refractivity contribution is 5.84. The largest absolute Gasteiger partial charge is 0.297 e. The van der Waals surface area contributed by atoms with Crippen LogP contribution in [-0.2, 0) is 11.3 Å². The molecule has 2 aromatic rings. The van der Waals surface area contributed by atoms with Gasteiger partial charge in [-0.2, -0.15) is 5.10 Å². The number of hydrogen-bond acceptors (Lipinski definition) is 3. The van der Waals surface area contributed by atoms with E-state index in [9.17, 15) is 4.79 Å². The van der Waals surface area contributed by atoms with E-state index in [-0.39, 0.29) is 11.3 Å². The molecule has 2 heterocycles. The monoisotopic (exact) mass is 433 g/mol. The van der Waals surface area contributed by atoms with Crippen molar-refractivity contribution in [1.29, 1.82) is 0 Å². The number of rotatable bonds is 3. The summed E-state index contributed by atoms with van der Waals surface area (Å²) in [5.41, 5.74) is 1.71. The molecule has 8 atom stereocenters. The van der Waals surface area contributed by atoms with Gasteiger partial charge in [-0.3, -0.25) is 14.5 Å². The highest BCUT2D eigenvalue weighted by atomic mass is 16.1. The van der Waals surface area contributed by atoms with E-state index in [1.807, 2.05) is 23.1 Å². The maximum absolute atomic E-state index is 13.6. The van der Waals surface area contributed by atoms with Crippen LogP contribution in [0.5, 0.6) is 0 Å². The van der Waals surface area contributed by atoms with Gasteiger partial charge >= 0.3 is 0 Å². The Bertz CT molecular complexity index is 1030. The van der Waals surface area contributed by atoms with Gasteiger partial charge < -0.3 is 0 Å². The zero-order valence-electron chi connectivity index (χ0n) is 20.1. The van der Waals surface area contributed by atoms with E-state index < -0.39 is 0 Å². The summed E-state index contributed by atoms with van der Waals surface area (Å²) in [6.07, 6.45) is 17.6.